The Morgan fingerprint density at radius 2 is 0.624 bits per heavy atom. The molecule has 0 spiro atoms. The largest absolute Gasteiger partial charge is 0.456 e. The van der Waals surface area contributed by atoms with Crippen LogP contribution >= 0.6 is 0 Å². The number of anilines is 12. The third-order valence-corrected chi connectivity index (χ3v) is 21.6. The quantitative estimate of drug-likeness (QED) is 0.0274. The van der Waals surface area contributed by atoms with E-state index in [1.807, 2.05) is 211 Å². The summed E-state index contributed by atoms with van der Waals surface area (Å²) >= 11 is 0. The van der Waals surface area contributed by atoms with Crippen molar-refractivity contribution < 1.29 is 56.1 Å². The zero-order chi connectivity index (χ0) is 105. The smallest absolute Gasteiger partial charge is 0.255 e. The van der Waals surface area contributed by atoms with Gasteiger partial charge in [-0.1, -0.05) is 119 Å². The van der Waals surface area contributed by atoms with Gasteiger partial charge in [-0.3, -0.25) is 48.7 Å². The van der Waals surface area contributed by atoms with Crippen LogP contribution in [0, 0.1) is 75.7 Å². The van der Waals surface area contributed by atoms with Gasteiger partial charge in [-0.2, -0.15) is 5.26 Å². The Labute approximate surface area is 860 Å². The average Bonchev–Trinajstić information content (AvgIpc) is 0.838. The molecule has 6 amide bonds. The van der Waals surface area contributed by atoms with Gasteiger partial charge >= 0.3 is 0 Å². The van der Waals surface area contributed by atoms with E-state index in [1.54, 1.807) is 158 Å². The predicted molar refractivity (Wildman–Crippen MR) is 576 cm³/mol. The molecule has 27 nitrogen and oxygen atoms in total. The number of amides is 6. The van der Waals surface area contributed by atoms with Crippen molar-refractivity contribution in [1.29, 1.82) is 5.26 Å². The van der Waals surface area contributed by atoms with Crippen LogP contribution in [0.4, 0.5) is 81.4 Å². The minimum absolute atomic E-state index is 0.106. The number of pyridine rings is 4. The normalized spacial score (nSPS) is 10.2. The molecule has 0 fully saturated rings. The first-order valence-corrected chi connectivity index (χ1v) is 46.6. The molecule has 0 saturated carbocycles. The number of aryl methyl sites for hydroxylation is 5. The van der Waals surface area contributed by atoms with Gasteiger partial charge in [-0.15, -0.1) is 6.42 Å². The van der Waals surface area contributed by atoms with Crippen molar-refractivity contribution in [3.63, 3.8) is 0 Å². The molecule has 12 aromatic carbocycles. The number of halogens is 3. The second-order valence-electron chi connectivity index (χ2n) is 33.1. The molecule has 149 heavy (non-hydrogen) atoms. The topological polar surface area (TPSA) is 339 Å². The summed E-state index contributed by atoms with van der Waals surface area (Å²) in [5.41, 5.74) is 18.0. The summed E-state index contributed by atoms with van der Waals surface area (Å²) in [6, 6.07) is 93.8. The zero-order valence-corrected chi connectivity index (χ0v) is 82.3. The Morgan fingerprint density at radius 3 is 1.05 bits per heavy atom. The lowest BCUT2D eigenvalue weighted by Gasteiger charge is -2.23. The SMILES string of the molecule is C#Cc1cccc(C(=O)Nc2cc(F)cc(Oc3cccnc3)c2)c1.CCN(c1cccnc1)c1cccc(NC(=O)c2cccc(C)c2)c1.CCN(c1cccnc1)c1cccc(NC(=O)c2cccc(C)c2)c1.Cc1cccc(C(=O)Nc2cc(C#N)cc(Oc3cncnc3)c2)c1.Cc1cccc(C(=O)Nc2cc(F)cc(N(C)c3cncnc3)c2)c1.Cc1cccc(C(=O)Nc2cccc(Oc3cncc(F)c3)c2)c1. The van der Waals surface area contributed by atoms with E-state index in [2.05, 4.69) is 107 Å². The highest BCUT2D eigenvalue weighted by Crippen LogP contribution is 2.34. The van der Waals surface area contributed by atoms with Crippen molar-refractivity contribution in [1.82, 2.24) is 39.9 Å². The highest BCUT2D eigenvalue weighted by molar-refractivity contribution is 6.08. The number of hydrogen-bond acceptors (Lipinski definition) is 21. The number of hydrogen-bond donors (Lipinski definition) is 6. The molecule has 18 rings (SSSR count). The maximum Gasteiger partial charge on any atom is 0.255 e. The van der Waals surface area contributed by atoms with Gasteiger partial charge in [0, 0.05) is 159 Å². The number of rotatable bonds is 26. The van der Waals surface area contributed by atoms with E-state index in [0.717, 1.165) is 81.2 Å². The van der Waals surface area contributed by atoms with Crippen LogP contribution in [0.25, 0.3) is 0 Å². The zero-order valence-electron chi connectivity index (χ0n) is 82.3. The molecule has 6 aromatic heterocycles. The molecule has 0 aliphatic rings. The van der Waals surface area contributed by atoms with Crippen molar-refractivity contribution in [2.75, 3.05) is 66.7 Å². The van der Waals surface area contributed by atoms with Gasteiger partial charge in [0.05, 0.1) is 84.5 Å². The molecule has 6 heterocycles. The predicted octanol–water partition coefficient (Wildman–Crippen LogP) is 26.1. The molecule has 0 atom stereocenters. The maximum atomic E-state index is 14.0. The molecular weight excluding hydrogens is 1880 g/mol. The van der Waals surface area contributed by atoms with Gasteiger partial charge in [0.25, 0.3) is 35.4 Å². The Bertz CT molecular complexity index is 7600. The Morgan fingerprint density at radius 1 is 0.289 bits per heavy atom. The van der Waals surface area contributed by atoms with Crippen LogP contribution in [0.15, 0.2) is 402 Å². The molecule has 0 saturated heterocycles. The van der Waals surface area contributed by atoms with Crippen molar-refractivity contribution >= 4 is 104 Å². The van der Waals surface area contributed by atoms with Gasteiger partial charge in [-0.25, -0.2) is 33.1 Å². The molecule has 0 radical (unpaired) electrons. The number of terminal acetylenes is 1. The van der Waals surface area contributed by atoms with Crippen molar-refractivity contribution in [2.24, 2.45) is 0 Å². The van der Waals surface area contributed by atoms with E-state index in [1.165, 1.54) is 73.8 Å². The molecule has 0 bridgehead atoms. The summed E-state index contributed by atoms with van der Waals surface area (Å²) in [7, 11) is 1.78. The van der Waals surface area contributed by atoms with Crippen molar-refractivity contribution in [3.8, 4) is 52.9 Å². The molecule has 742 valence electrons. The first-order valence-electron chi connectivity index (χ1n) is 46.6. The molecular formula is C119H101F3N18O9. The van der Waals surface area contributed by atoms with E-state index >= 15 is 0 Å². The fourth-order valence-corrected chi connectivity index (χ4v) is 14.6. The first kappa shape index (κ1) is 106. The molecule has 0 aliphatic heterocycles. The maximum absolute atomic E-state index is 14.0. The lowest BCUT2D eigenvalue weighted by molar-refractivity contribution is 0.101. The highest BCUT2D eigenvalue weighted by atomic mass is 19.1. The fourth-order valence-electron chi connectivity index (χ4n) is 14.6. The number of nitriles is 1. The molecule has 0 aliphatic carbocycles. The van der Waals surface area contributed by atoms with Crippen LogP contribution in [-0.2, 0) is 0 Å². The van der Waals surface area contributed by atoms with Gasteiger partial charge < -0.3 is 60.8 Å². The van der Waals surface area contributed by atoms with Crippen LogP contribution in [0.1, 0.15) is 115 Å². The molecule has 18 aromatic rings. The lowest BCUT2D eigenvalue weighted by atomic mass is 10.1. The summed E-state index contributed by atoms with van der Waals surface area (Å²) in [6.07, 6.45) is 27.3. The summed E-state index contributed by atoms with van der Waals surface area (Å²) in [6.45, 7) is 15.5. The second kappa shape index (κ2) is 53.6. The Kier molecular flexibility index (Phi) is 38.2. The third kappa shape index (κ3) is 33.0. The molecule has 30 heteroatoms. The van der Waals surface area contributed by atoms with E-state index < -0.39 is 23.4 Å². The number of nitrogens with one attached hydrogen (secondary N) is 6. The van der Waals surface area contributed by atoms with E-state index in [0.29, 0.717) is 95.9 Å². The summed E-state index contributed by atoms with van der Waals surface area (Å²) in [5.74, 6) is 1.99. The standard InChI is InChI=1S/2C21H21N3O.C20H13FN2O2.C19H17FN4O.C19H15FN2O2.C19H14N4O2/c2*1-3-24(20-11-6-12-22-15-20)19-10-5-9-18(14-19)23-21(25)17-8-4-7-16(2)13-17;1-2-14-5-3-6-15(9-14)20(24)23-17-10-16(21)11-19(12-17)25-18-7-4-8-22-13-18;1-13-4-3-5-14(6-13)19(25)23-16-7-15(20)8-17(9-16)24(2)18-10-21-12-22-11-18;1-13-4-2-5-14(8-13)19(23)22-16-6-3-7-17(10-16)24-18-9-15(20)11-21-12-18;1-13-3-2-4-15(5-13)19(24)23-16-6-14(9-20)7-17(8-16)25-18-10-21-12-22-11-18/h2*4-15H,3H2,1-2H3,(H,23,25);1,3-13H,(H,23,24);3-12H,1-2H3,(H,23,25);2-12H,1H3,(H,22,23);2-8,10-12H,1H3,(H,23,24). The number of aromatic nitrogens is 8. The van der Waals surface area contributed by atoms with E-state index in [4.69, 9.17) is 20.6 Å². The van der Waals surface area contributed by atoms with Gasteiger partial charge in [0.1, 0.15) is 58.9 Å². The van der Waals surface area contributed by atoms with Gasteiger partial charge in [0.15, 0.2) is 5.75 Å². The van der Waals surface area contributed by atoms with Crippen molar-refractivity contribution in [3.05, 3.63) is 492 Å². The number of carbonyl (C=O) groups excluding carboxylic acids is 6. The minimum Gasteiger partial charge on any atom is -0.456 e. The molecule has 6 N–H and O–H groups in total. The van der Waals surface area contributed by atoms with Crippen LogP contribution < -0.4 is 60.8 Å². The lowest BCUT2D eigenvalue weighted by Crippen LogP contribution is -2.17. The average molecular weight is 1980 g/mol. The number of nitrogens with zero attached hydrogens (tertiary/aromatic N) is 12. The highest BCUT2D eigenvalue weighted by Gasteiger charge is 2.19. The fraction of sp³-hybridized carbons (Fsp3) is 0.0840. The Hall–Kier alpha value is -20.1. The van der Waals surface area contributed by atoms with E-state index in [9.17, 15) is 47.2 Å². The summed E-state index contributed by atoms with van der Waals surface area (Å²) in [4.78, 5) is 112. The number of benzene rings is 12. The monoisotopic (exact) mass is 1980 g/mol. The number of carbonyl (C=O) groups is 6. The van der Waals surface area contributed by atoms with Crippen LogP contribution in [0.5, 0.6) is 34.5 Å². The van der Waals surface area contributed by atoms with Gasteiger partial charge in [-0.05, 0) is 249 Å². The van der Waals surface area contributed by atoms with Gasteiger partial charge in [0.2, 0.25) is 0 Å². The minimum atomic E-state index is -0.533. The van der Waals surface area contributed by atoms with Crippen LogP contribution in [0.3, 0.4) is 0 Å². The number of ether oxygens (including phenoxy) is 3. The Balaban J connectivity index is 0.000000149. The van der Waals surface area contributed by atoms with Crippen LogP contribution in [-0.4, -0.2) is 95.5 Å². The second-order valence-corrected chi connectivity index (χ2v) is 33.1. The summed E-state index contributed by atoms with van der Waals surface area (Å²) < 4.78 is 57.7. The van der Waals surface area contributed by atoms with Crippen LogP contribution in [0.2, 0.25) is 0 Å². The van der Waals surface area contributed by atoms with E-state index in [-0.39, 0.29) is 46.7 Å². The van der Waals surface area contributed by atoms with Crippen molar-refractivity contribution in [2.45, 2.75) is 48.5 Å². The summed E-state index contributed by atoms with van der Waals surface area (Å²) in [5, 5.41) is 26.1. The first-order chi connectivity index (χ1) is 72.2. The third-order valence-electron chi connectivity index (χ3n) is 21.6. The molecule has 0 unspecified atom stereocenters.